The average molecular weight is 273 g/mol. The van der Waals surface area contributed by atoms with Gasteiger partial charge in [0.15, 0.2) is 5.69 Å². The number of imidazole rings is 1. The van der Waals surface area contributed by atoms with Gasteiger partial charge < -0.3 is 10.1 Å². The topological polar surface area (TPSA) is 60.4 Å². The molecule has 0 atom stereocenters. The van der Waals surface area contributed by atoms with Crippen LogP contribution in [0.2, 0.25) is 0 Å². The largest absolute Gasteiger partial charge is 0.358 e. The summed E-state index contributed by atoms with van der Waals surface area (Å²) in [5, 5.41) is 11.3. The molecular formula is C15H19N3O2. The first-order valence-corrected chi connectivity index (χ1v) is 6.77. The van der Waals surface area contributed by atoms with Gasteiger partial charge in [0.05, 0.1) is 6.20 Å². The van der Waals surface area contributed by atoms with Crippen molar-refractivity contribution in [1.82, 2.24) is 9.38 Å². The highest BCUT2D eigenvalue weighted by molar-refractivity contribution is 5.63. The minimum absolute atomic E-state index is 0.0319. The van der Waals surface area contributed by atoms with Gasteiger partial charge in [-0.25, -0.2) is 4.98 Å². The molecule has 106 valence electrons. The molecule has 0 amide bonds. The lowest BCUT2D eigenvalue weighted by molar-refractivity contribution is -0.390. The molecule has 0 aliphatic rings. The highest BCUT2D eigenvalue weighted by atomic mass is 16.6. The summed E-state index contributed by atoms with van der Waals surface area (Å²) >= 11 is 0. The highest BCUT2D eigenvalue weighted by Crippen LogP contribution is 2.24. The Hall–Kier alpha value is -2.17. The standard InChI is InChI=1S/C15H19N3O2/c1-11(2)7-8-12(3)10-13-15(18(19)20)17-9-5-4-6-14(17)16-13/h4-6,9-11H,7-8H2,1-3H3/b12-10-. The molecule has 0 N–H and O–H groups in total. The lowest BCUT2D eigenvalue weighted by Crippen LogP contribution is -1.95. The van der Waals surface area contributed by atoms with E-state index < -0.39 is 0 Å². The third kappa shape index (κ3) is 3.04. The Bertz CT molecular complexity index is 656. The predicted octanol–water partition coefficient (Wildman–Crippen LogP) is 4.08. The summed E-state index contributed by atoms with van der Waals surface area (Å²) in [5.41, 5.74) is 2.15. The van der Waals surface area contributed by atoms with Crippen molar-refractivity contribution < 1.29 is 4.92 Å². The van der Waals surface area contributed by atoms with Crippen LogP contribution in [0, 0.1) is 16.0 Å². The second-order valence-corrected chi connectivity index (χ2v) is 5.43. The first-order chi connectivity index (χ1) is 9.49. The van der Waals surface area contributed by atoms with Crippen LogP contribution in [0.1, 0.15) is 39.3 Å². The Morgan fingerprint density at radius 2 is 2.25 bits per heavy atom. The van der Waals surface area contributed by atoms with E-state index in [1.807, 2.05) is 19.1 Å². The van der Waals surface area contributed by atoms with E-state index >= 15 is 0 Å². The van der Waals surface area contributed by atoms with Crippen molar-refractivity contribution >= 4 is 17.5 Å². The summed E-state index contributed by atoms with van der Waals surface area (Å²) in [6, 6.07) is 5.36. The molecule has 2 aromatic rings. The van der Waals surface area contributed by atoms with Crippen molar-refractivity contribution in [3.05, 3.63) is 45.8 Å². The van der Waals surface area contributed by atoms with Crippen molar-refractivity contribution in [2.75, 3.05) is 0 Å². The van der Waals surface area contributed by atoms with Crippen LogP contribution in [0.4, 0.5) is 5.82 Å². The van der Waals surface area contributed by atoms with Crippen LogP contribution >= 0.6 is 0 Å². The van der Waals surface area contributed by atoms with Gasteiger partial charge in [0.2, 0.25) is 5.65 Å². The summed E-state index contributed by atoms with van der Waals surface area (Å²) in [7, 11) is 0. The Labute approximate surface area is 118 Å². The van der Waals surface area contributed by atoms with Crippen LogP contribution in [0.5, 0.6) is 0 Å². The third-order valence-corrected chi connectivity index (χ3v) is 3.20. The molecule has 0 radical (unpaired) electrons. The number of nitro groups is 1. The van der Waals surface area contributed by atoms with Gasteiger partial charge in [-0.1, -0.05) is 25.5 Å². The SMILES string of the molecule is C/C(=C/c1nc2ccccn2c1[N+](=O)[O-])CCC(C)C. The van der Waals surface area contributed by atoms with Crippen LogP contribution in [0.25, 0.3) is 11.7 Å². The van der Waals surface area contributed by atoms with Gasteiger partial charge in [0, 0.05) is 6.07 Å². The summed E-state index contributed by atoms with van der Waals surface area (Å²) in [6.45, 7) is 6.33. The third-order valence-electron chi connectivity index (χ3n) is 3.20. The van der Waals surface area contributed by atoms with Crippen LogP contribution in [-0.4, -0.2) is 14.3 Å². The van der Waals surface area contributed by atoms with Crippen molar-refractivity contribution in [3.8, 4) is 0 Å². The molecule has 0 aromatic carbocycles. The Balaban J connectivity index is 2.41. The molecule has 0 bridgehead atoms. The van der Waals surface area contributed by atoms with Crippen molar-refractivity contribution in [2.45, 2.75) is 33.6 Å². The van der Waals surface area contributed by atoms with E-state index in [0.29, 0.717) is 17.3 Å². The molecule has 0 unspecified atom stereocenters. The zero-order valence-electron chi connectivity index (χ0n) is 12.0. The van der Waals surface area contributed by atoms with Crippen molar-refractivity contribution in [2.24, 2.45) is 5.92 Å². The first kappa shape index (κ1) is 14.2. The van der Waals surface area contributed by atoms with E-state index in [0.717, 1.165) is 18.4 Å². The zero-order valence-corrected chi connectivity index (χ0v) is 12.0. The normalized spacial score (nSPS) is 12.3. The lowest BCUT2D eigenvalue weighted by Gasteiger charge is -2.03. The molecule has 2 heterocycles. The maximum absolute atomic E-state index is 11.3. The summed E-state index contributed by atoms with van der Waals surface area (Å²) in [6.07, 6.45) is 5.50. The van der Waals surface area contributed by atoms with Gasteiger partial charge in [-0.3, -0.25) is 0 Å². The molecule has 0 spiro atoms. The fourth-order valence-corrected chi connectivity index (χ4v) is 2.10. The van der Waals surface area contributed by atoms with Crippen molar-refractivity contribution in [3.63, 3.8) is 0 Å². The molecule has 5 nitrogen and oxygen atoms in total. The first-order valence-electron chi connectivity index (χ1n) is 6.77. The van der Waals surface area contributed by atoms with Gasteiger partial charge in [-0.2, -0.15) is 4.40 Å². The summed E-state index contributed by atoms with van der Waals surface area (Å²) in [5.74, 6) is 0.652. The molecule has 20 heavy (non-hydrogen) atoms. The molecule has 0 aliphatic heterocycles. The number of fused-ring (bicyclic) bond motifs is 1. The monoisotopic (exact) mass is 273 g/mol. The number of allylic oxidation sites excluding steroid dienone is 1. The Morgan fingerprint density at radius 1 is 1.50 bits per heavy atom. The fraction of sp³-hybridized carbons (Fsp3) is 0.400. The van der Waals surface area contributed by atoms with Gasteiger partial charge in [-0.15, -0.1) is 0 Å². The smallest absolute Gasteiger partial charge is 0.355 e. The molecule has 5 heteroatoms. The maximum atomic E-state index is 11.3. The molecular weight excluding hydrogens is 254 g/mol. The number of hydrogen-bond acceptors (Lipinski definition) is 3. The van der Waals surface area contributed by atoms with Gasteiger partial charge in [0.1, 0.15) is 0 Å². The molecule has 2 rings (SSSR count). The van der Waals surface area contributed by atoms with Gasteiger partial charge in [-0.05, 0) is 42.7 Å². The molecule has 0 saturated carbocycles. The number of pyridine rings is 1. The quantitative estimate of drug-likeness (QED) is 0.609. The van der Waals surface area contributed by atoms with E-state index in [4.69, 9.17) is 0 Å². The summed E-state index contributed by atoms with van der Waals surface area (Å²) in [4.78, 5) is 15.2. The maximum Gasteiger partial charge on any atom is 0.355 e. The second-order valence-electron chi connectivity index (χ2n) is 5.43. The zero-order chi connectivity index (χ0) is 14.7. The van der Waals surface area contributed by atoms with E-state index in [2.05, 4.69) is 18.8 Å². The van der Waals surface area contributed by atoms with Crippen LogP contribution in [-0.2, 0) is 0 Å². The minimum Gasteiger partial charge on any atom is -0.358 e. The number of nitrogens with zero attached hydrogens (tertiary/aromatic N) is 3. The van der Waals surface area contributed by atoms with Gasteiger partial charge in [0.25, 0.3) is 0 Å². The lowest BCUT2D eigenvalue weighted by atomic mass is 10.0. The van der Waals surface area contributed by atoms with Crippen LogP contribution in [0.3, 0.4) is 0 Å². The van der Waals surface area contributed by atoms with E-state index in [1.54, 1.807) is 18.3 Å². The summed E-state index contributed by atoms with van der Waals surface area (Å²) < 4.78 is 1.52. The van der Waals surface area contributed by atoms with E-state index in [9.17, 15) is 10.1 Å². The van der Waals surface area contributed by atoms with E-state index in [1.165, 1.54) is 4.40 Å². The van der Waals surface area contributed by atoms with Crippen molar-refractivity contribution in [1.29, 1.82) is 0 Å². The Kier molecular flexibility index (Phi) is 4.17. The molecule has 0 aliphatic carbocycles. The van der Waals surface area contributed by atoms with Crippen LogP contribution in [0.15, 0.2) is 30.0 Å². The molecule has 2 aromatic heterocycles. The molecule has 0 saturated heterocycles. The van der Waals surface area contributed by atoms with Gasteiger partial charge >= 0.3 is 5.82 Å². The Morgan fingerprint density at radius 3 is 2.90 bits per heavy atom. The predicted molar refractivity (Wildman–Crippen MR) is 79.6 cm³/mol. The fourth-order valence-electron chi connectivity index (χ4n) is 2.10. The number of hydrogen-bond donors (Lipinski definition) is 0. The minimum atomic E-state index is -0.373. The molecule has 0 fully saturated rings. The average Bonchev–Trinajstić information content (AvgIpc) is 2.74. The van der Waals surface area contributed by atoms with Crippen LogP contribution < -0.4 is 0 Å². The number of aromatic nitrogens is 2. The second kappa shape index (κ2) is 5.86. The number of rotatable bonds is 5. The highest BCUT2D eigenvalue weighted by Gasteiger charge is 2.20. The van der Waals surface area contributed by atoms with E-state index in [-0.39, 0.29) is 10.7 Å².